The molecular weight excluding hydrogens is 458 g/mol. The SMILES string of the molecule is CN1C[C@H]2CC[C@@H](C1)N2CCCOc1ccc(-c2cnc(N)c(-n3cc(C(N)=O)cn3)n2)cc1C#N. The number of nitrogen functional groups attached to an aromatic ring is 1. The van der Waals surface area contributed by atoms with Gasteiger partial charge in [-0.1, -0.05) is 0 Å². The lowest BCUT2D eigenvalue weighted by atomic mass is 10.1. The van der Waals surface area contributed by atoms with E-state index >= 15 is 0 Å². The number of hydrogen-bond acceptors (Lipinski definition) is 9. The molecule has 186 valence electrons. The van der Waals surface area contributed by atoms with Crippen molar-refractivity contribution in [2.75, 3.05) is 39.0 Å². The van der Waals surface area contributed by atoms with E-state index in [1.807, 2.05) is 6.07 Å². The molecule has 5 rings (SSSR count). The number of nitrogens with two attached hydrogens (primary N) is 2. The van der Waals surface area contributed by atoms with Gasteiger partial charge >= 0.3 is 0 Å². The highest BCUT2D eigenvalue weighted by atomic mass is 16.5. The van der Waals surface area contributed by atoms with Gasteiger partial charge in [0.25, 0.3) is 5.91 Å². The number of rotatable bonds is 8. The second-order valence-electron chi connectivity index (χ2n) is 9.37. The van der Waals surface area contributed by atoms with E-state index in [2.05, 4.69) is 38.0 Å². The lowest BCUT2D eigenvalue weighted by Gasteiger charge is -2.39. The second-order valence-corrected chi connectivity index (χ2v) is 9.37. The summed E-state index contributed by atoms with van der Waals surface area (Å²) in [6, 6.07) is 8.85. The Kier molecular flexibility index (Phi) is 6.54. The standard InChI is InChI=1S/C25H29N9O2/c1-32-14-19-4-5-20(15-32)33(19)7-2-8-36-22-6-3-16(9-17(22)10-26)21-12-29-23(27)25(31-21)34-13-18(11-30-34)24(28)35/h3,6,9,11-13,19-20H,2,4-5,7-8,14-15H2,1H3,(H2,27,29)(H2,28,35)/t19-,20+. The van der Waals surface area contributed by atoms with Gasteiger partial charge in [0.2, 0.25) is 0 Å². The molecule has 36 heavy (non-hydrogen) atoms. The van der Waals surface area contributed by atoms with E-state index in [-0.39, 0.29) is 17.2 Å². The zero-order valence-corrected chi connectivity index (χ0v) is 20.2. The number of aromatic nitrogens is 4. The van der Waals surface area contributed by atoms with Crippen LogP contribution < -0.4 is 16.2 Å². The molecule has 2 atom stereocenters. The molecule has 1 amide bonds. The van der Waals surface area contributed by atoms with E-state index < -0.39 is 5.91 Å². The number of likely N-dealkylation sites (tertiary alicyclic amines) is 1. The van der Waals surface area contributed by atoms with E-state index in [9.17, 15) is 10.1 Å². The minimum Gasteiger partial charge on any atom is -0.492 e. The number of piperazine rings is 1. The number of likely N-dealkylation sites (N-methyl/N-ethyl adjacent to an activating group) is 1. The molecule has 2 saturated heterocycles. The number of nitrogens with zero attached hydrogens (tertiary/aromatic N) is 7. The molecule has 0 radical (unpaired) electrons. The molecule has 0 spiro atoms. The lowest BCUT2D eigenvalue weighted by Crippen LogP contribution is -2.52. The van der Waals surface area contributed by atoms with Gasteiger partial charge in [0.1, 0.15) is 11.8 Å². The quantitative estimate of drug-likeness (QED) is 0.449. The molecule has 11 nitrogen and oxygen atoms in total. The molecule has 3 aromatic rings. The van der Waals surface area contributed by atoms with Crippen molar-refractivity contribution in [2.24, 2.45) is 5.73 Å². The van der Waals surface area contributed by atoms with Gasteiger partial charge in [-0.2, -0.15) is 10.4 Å². The number of hydrogen-bond donors (Lipinski definition) is 2. The normalized spacial score (nSPS) is 19.8. The number of ether oxygens (including phenoxy) is 1. The predicted molar refractivity (Wildman–Crippen MR) is 133 cm³/mol. The molecular formula is C25H29N9O2. The van der Waals surface area contributed by atoms with Crippen LogP contribution in [0, 0.1) is 11.3 Å². The molecule has 4 N–H and O–H groups in total. The van der Waals surface area contributed by atoms with Crippen LogP contribution in [0.2, 0.25) is 0 Å². The number of nitriles is 1. The maximum atomic E-state index is 11.4. The van der Waals surface area contributed by atoms with Crippen molar-refractivity contribution in [3.63, 3.8) is 0 Å². The largest absolute Gasteiger partial charge is 0.492 e. The Bertz CT molecular complexity index is 1300. The predicted octanol–water partition coefficient (Wildman–Crippen LogP) is 1.43. The number of anilines is 1. The smallest absolute Gasteiger partial charge is 0.251 e. The summed E-state index contributed by atoms with van der Waals surface area (Å²) in [7, 11) is 2.20. The van der Waals surface area contributed by atoms with Gasteiger partial charge in [-0.3, -0.25) is 9.69 Å². The van der Waals surface area contributed by atoms with Gasteiger partial charge in [-0.15, -0.1) is 0 Å². The van der Waals surface area contributed by atoms with Crippen molar-refractivity contribution < 1.29 is 9.53 Å². The maximum Gasteiger partial charge on any atom is 0.251 e. The number of amides is 1. The molecule has 2 aliphatic rings. The van der Waals surface area contributed by atoms with E-state index in [1.54, 1.807) is 12.1 Å². The Labute approximate surface area is 209 Å². The van der Waals surface area contributed by atoms with Crippen molar-refractivity contribution in [2.45, 2.75) is 31.3 Å². The molecule has 2 fully saturated rings. The summed E-state index contributed by atoms with van der Waals surface area (Å²) in [5.41, 5.74) is 13.1. The van der Waals surface area contributed by atoms with Gasteiger partial charge in [0, 0.05) is 43.5 Å². The van der Waals surface area contributed by atoms with Crippen molar-refractivity contribution in [3.8, 4) is 28.9 Å². The third-order valence-corrected chi connectivity index (χ3v) is 6.90. The average molecular weight is 488 g/mol. The number of fused-ring (bicyclic) bond motifs is 2. The van der Waals surface area contributed by atoms with Crippen LogP contribution in [0.5, 0.6) is 5.75 Å². The monoisotopic (exact) mass is 487 g/mol. The summed E-state index contributed by atoms with van der Waals surface area (Å²) >= 11 is 0. The average Bonchev–Trinajstić information content (AvgIpc) is 3.45. The van der Waals surface area contributed by atoms with E-state index in [0.717, 1.165) is 26.1 Å². The zero-order chi connectivity index (χ0) is 25.2. The molecule has 2 aliphatic heterocycles. The Morgan fingerprint density at radius 1 is 1.25 bits per heavy atom. The summed E-state index contributed by atoms with van der Waals surface area (Å²) in [5.74, 6) is 0.349. The van der Waals surface area contributed by atoms with Crippen LogP contribution >= 0.6 is 0 Å². The molecule has 0 aliphatic carbocycles. The number of primary amides is 1. The zero-order valence-electron chi connectivity index (χ0n) is 20.2. The first-order valence-corrected chi connectivity index (χ1v) is 12.0. The summed E-state index contributed by atoms with van der Waals surface area (Å²) in [5, 5.41) is 13.8. The number of carbonyl (C=O) groups is 1. The highest BCUT2D eigenvalue weighted by molar-refractivity contribution is 5.92. The fourth-order valence-corrected chi connectivity index (χ4v) is 5.16. The highest BCUT2D eigenvalue weighted by Gasteiger charge is 2.38. The molecule has 4 heterocycles. The van der Waals surface area contributed by atoms with Crippen LogP contribution in [0.25, 0.3) is 17.1 Å². The molecule has 0 unspecified atom stereocenters. The van der Waals surface area contributed by atoms with Gasteiger partial charge < -0.3 is 21.1 Å². The van der Waals surface area contributed by atoms with Crippen molar-refractivity contribution in [3.05, 3.63) is 47.9 Å². The maximum absolute atomic E-state index is 11.4. The van der Waals surface area contributed by atoms with Gasteiger partial charge in [0.15, 0.2) is 11.6 Å². The minimum absolute atomic E-state index is 0.145. The van der Waals surface area contributed by atoms with Crippen molar-refractivity contribution in [1.82, 2.24) is 29.5 Å². The third-order valence-electron chi connectivity index (χ3n) is 6.90. The van der Waals surface area contributed by atoms with E-state index in [4.69, 9.17) is 16.2 Å². The summed E-state index contributed by atoms with van der Waals surface area (Å²) in [6.45, 7) is 3.84. The Balaban J connectivity index is 1.26. The first kappa shape index (κ1) is 23.7. The fourth-order valence-electron chi connectivity index (χ4n) is 5.16. The van der Waals surface area contributed by atoms with Crippen molar-refractivity contribution >= 4 is 11.7 Å². The first-order chi connectivity index (χ1) is 17.4. The second kappa shape index (κ2) is 9.93. The molecule has 0 saturated carbocycles. The third kappa shape index (κ3) is 4.73. The van der Waals surface area contributed by atoms with Crippen molar-refractivity contribution in [1.29, 1.82) is 5.26 Å². The summed E-state index contributed by atoms with van der Waals surface area (Å²) < 4.78 is 7.33. The number of benzene rings is 1. The van der Waals surface area contributed by atoms with Crippen LogP contribution in [0.3, 0.4) is 0 Å². The van der Waals surface area contributed by atoms with Crippen LogP contribution in [0.15, 0.2) is 36.8 Å². The van der Waals surface area contributed by atoms with E-state index in [0.29, 0.717) is 41.3 Å². The Morgan fingerprint density at radius 2 is 2.03 bits per heavy atom. The van der Waals surface area contributed by atoms with Crippen LogP contribution in [-0.2, 0) is 0 Å². The van der Waals surface area contributed by atoms with Crippen LogP contribution in [0.1, 0.15) is 35.2 Å². The molecule has 2 aromatic heterocycles. The number of carbonyl (C=O) groups excluding carboxylic acids is 1. The Morgan fingerprint density at radius 3 is 2.72 bits per heavy atom. The Hall–Kier alpha value is -4.01. The highest BCUT2D eigenvalue weighted by Crippen LogP contribution is 2.30. The lowest BCUT2D eigenvalue weighted by molar-refractivity contribution is 0.0775. The minimum atomic E-state index is -0.603. The molecule has 2 bridgehead atoms. The van der Waals surface area contributed by atoms with Gasteiger partial charge in [-0.05, 0) is 44.5 Å². The summed E-state index contributed by atoms with van der Waals surface area (Å²) in [4.78, 5) is 25.2. The molecule has 11 heteroatoms. The van der Waals surface area contributed by atoms with Crippen LogP contribution in [-0.4, -0.2) is 80.8 Å². The summed E-state index contributed by atoms with van der Waals surface area (Å²) in [6.07, 6.45) is 7.77. The fraction of sp³-hybridized carbons (Fsp3) is 0.400. The van der Waals surface area contributed by atoms with Crippen LogP contribution in [0.4, 0.5) is 5.82 Å². The molecule has 1 aromatic carbocycles. The van der Waals surface area contributed by atoms with Gasteiger partial charge in [-0.25, -0.2) is 14.6 Å². The topological polar surface area (TPSA) is 152 Å². The van der Waals surface area contributed by atoms with E-state index in [1.165, 1.54) is 36.1 Å². The van der Waals surface area contributed by atoms with Gasteiger partial charge in [0.05, 0.1) is 35.8 Å². The first-order valence-electron chi connectivity index (χ1n) is 12.0.